The van der Waals surface area contributed by atoms with Gasteiger partial charge in [-0.1, -0.05) is 0 Å². The molecule has 0 atom stereocenters. The Bertz CT molecular complexity index is 965. The summed E-state index contributed by atoms with van der Waals surface area (Å²) in [5, 5.41) is 4.03. The normalized spacial score (nSPS) is 10.9. The van der Waals surface area contributed by atoms with Crippen LogP contribution < -0.4 is 49.7 Å². The van der Waals surface area contributed by atoms with Crippen molar-refractivity contribution < 1.29 is 54.8 Å². The first-order valence-electron chi connectivity index (χ1n) is 7.36. The molecule has 1 aromatic heterocycles. The summed E-state index contributed by atoms with van der Waals surface area (Å²) in [6.07, 6.45) is 1.67. The Kier molecular flexibility index (Phi) is 6.69. The van der Waals surface area contributed by atoms with Crippen molar-refractivity contribution in [2.75, 3.05) is 19.5 Å². The topological polar surface area (TPSA) is 101 Å². The van der Waals surface area contributed by atoms with Gasteiger partial charge in [0.15, 0.2) is 11.5 Å². The molecule has 0 bridgehead atoms. The summed E-state index contributed by atoms with van der Waals surface area (Å²) in [5.41, 5.74) is 2.21. The van der Waals surface area contributed by atoms with Crippen LogP contribution in [-0.4, -0.2) is 29.0 Å². The molecule has 26 heavy (non-hydrogen) atoms. The molecule has 0 fully saturated rings. The largest absolute Gasteiger partial charge is 1.00 e. The molecule has 2 aromatic carbocycles. The zero-order chi connectivity index (χ0) is 18.0. The maximum atomic E-state index is 11.2. The van der Waals surface area contributed by atoms with Gasteiger partial charge in [-0.2, -0.15) is 0 Å². The average Bonchev–Trinajstić information content (AvgIpc) is 2.60. The van der Waals surface area contributed by atoms with Gasteiger partial charge in [-0.05, 0) is 36.4 Å². The molecule has 0 saturated carbocycles. The van der Waals surface area contributed by atoms with Crippen LogP contribution in [0.1, 0.15) is 1.43 Å². The van der Waals surface area contributed by atoms with E-state index in [1.54, 1.807) is 38.6 Å². The Morgan fingerprint density at radius 1 is 1.04 bits per heavy atom. The molecule has 0 unspecified atom stereocenters. The summed E-state index contributed by atoms with van der Waals surface area (Å²) < 4.78 is 21.9. The zero-order valence-corrected chi connectivity index (χ0v) is 17.5. The fourth-order valence-electron chi connectivity index (χ4n) is 2.48. The van der Waals surface area contributed by atoms with E-state index in [0.717, 1.165) is 16.6 Å². The van der Waals surface area contributed by atoms with E-state index in [2.05, 4.69) is 10.3 Å². The van der Waals surface area contributed by atoms with E-state index in [9.17, 15) is 14.4 Å². The number of nitrogens with one attached hydrogen (secondary N) is 1. The Morgan fingerprint density at radius 2 is 1.65 bits per heavy atom. The number of fused-ring (bicyclic) bond motifs is 1. The Morgan fingerprint density at radius 3 is 2.23 bits per heavy atom. The second-order valence-electron chi connectivity index (χ2n) is 5.30. The first kappa shape index (κ1) is 20.7. The van der Waals surface area contributed by atoms with Gasteiger partial charge in [-0.25, -0.2) is 0 Å². The van der Waals surface area contributed by atoms with Gasteiger partial charge in [0.05, 0.1) is 25.0 Å². The average molecular weight is 384 g/mol. The molecule has 7 nitrogen and oxygen atoms in total. The summed E-state index contributed by atoms with van der Waals surface area (Å²) >= 11 is 0. The molecule has 3 rings (SSSR count). The first-order chi connectivity index (χ1) is 11.9. The molecule has 0 aliphatic carbocycles. The van der Waals surface area contributed by atoms with Gasteiger partial charge < -0.3 is 26.0 Å². The minimum atomic E-state index is -4.25. The number of aromatic nitrogens is 1. The van der Waals surface area contributed by atoms with Gasteiger partial charge in [-0.3, -0.25) is 9.55 Å². The molecular weight excluding hydrogens is 366 g/mol. The molecule has 0 aliphatic rings. The number of hydrogen-bond acceptors (Lipinski definition) is 5. The minimum absolute atomic E-state index is 0. The fraction of sp³-hybridized carbons (Fsp3) is 0.118. The number of methoxy groups -OCH3 is 2. The summed E-state index contributed by atoms with van der Waals surface area (Å²) in [4.78, 5) is 22.7. The van der Waals surface area contributed by atoms with Crippen molar-refractivity contribution >= 4 is 35.2 Å². The van der Waals surface area contributed by atoms with Gasteiger partial charge in [0.1, 0.15) is 0 Å². The van der Waals surface area contributed by atoms with Crippen LogP contribution in [0.3, 0.4) is 0 Å². The Hall–Kier alpha value is -1.60. The van der Waals surface area contributed by atoms with Crippen LogP contribution in [-0.2, 0) is 4.57 Å². The number of pyridine rings is 1. The number of rotatable bonds is 5. The molecular formula is C17H18N2NaO5P. The molecule has 3 N–H and O–H groups in total. The molecule has 132 valence electrons. The predicted molar refractivity (Wildman–Crippen MR) is 97.4 cm³/mol. The number of benzene rings is 2. The summed E-state index contributed by atoms with van der Waals surface area (Å²) in [6.45, 7) is 0. The zero-order valence-electron chi connectivity index (χ0n) is 15.6. The number of hydrogen-bond donors (Lipinski definition) is 3. The molecule has 3 aromatic rings. The quantitative estimate of drug-likeness (QED) is 0.418. The minimum Gasteiger partial charge on any atom is -1.00 e. The molecule has 0 aliphatic heterocycles. The predicted octanol–water partition coefficient (Wildman–Crippen LogP) is -0.0849. The van der Waals surface area contributed by atoms with Gasteiger partial charge in [0.25, 0.3) is 0 Å². The number of ether oxygens (including phenoxy) is 2. The van der Waals surface area contributed by atoms with Crippen molar-refractivity contribution in [3.63, 3.8) is 0 Å². The van der Waals surface area contributed by atoms with Gasteiger partial charge in [0, 0.05) is 29.0 Å². The third-order valence-corrected chi connectivity index (χ3v) is 4.70. The van der Waals surface area contributed by atoms with Crippen molar-refractivity contribution in [1.82, 2.24) is 4.98 Å². The molecule has 0 spiro atoms. The molecule has 1 heterocycles. The molecule has 0 radical (unpaired) electrons. The van der Waals surface area contributed by atoms with E-state index >= 15 is 0 Å². The third-order valence-electron chi connectivity index (χ3n) is 3.73. The molecule has 9 heteroatoms. The van der Waals surface area contributed by atoms with Crippen LogP contribution in [0.2, 0.25) is 0 Å². The molecule has 0 amide bonds. The van der Waals surface area contributed by atoms with Gasteiger partial charge in [0.2, 0.25) is 0 Å². The maximum absolute atomic E-state index is 11.2. The van der Waals surface area contributed by atoms with Crippen LogP contribution in [0.5, 0.6) is 11.5 Å². The van der Waals surface area contributed by atoms with Crippen LogP contribution >= 0.6 is 7.60 Å². The number of anilines is 2. The van der Waals surface area contributed by atoms with Crippen LogP contribution in [0.15, 0.2) is 48.7 Å². The van der Waals surface area contributed by atoms with E-state index in [1.165, 1.54) is 12.1 Å². The van der Waals surface area contributed by atoms with Crippen molar-refractivity contribution in [2.24, 2.45) is 0 Å². The second-order valence-corrected chi connectivity index (χ2v) is 6.90. The van der Waals surface area contributed by atoms with E-state index in [1.807, 2.05) is 12.1 Å². The van der Waals surface area contributed by atoms with Gasteiger partial charge >= 0.3 is 37.2 Å². The van der Waals surface area contributed by atoms with Crippen molar-refractivity contribution in [1.29, 1.82) is 0 Å². The van der Waals surface area contributed by atoms with Crippen LogP contribution in [0, 0.1) is 0 Å². The summed E-state index contributed by atoms with van der Waals surface area (Å²) in [6, 6.07) is 11.4. The second kappa shape index (κ2) is 8.39. The summed E-state index contributed by atoms with van der Waals surface area (Å²) in [5.74, 6) is 1.17. The Balaban J connectivity index is 0.00000182. The third kappa shape index (κ3) is 4.38. The Labute approximate surface area is 174 Å². The SMILES string of the molecule is COc1cc2nccc(Nc3ccc(P(=O)(O)O)cc3)c2cc1OC.[H-].[Na+]. The fourth-order valence-corrected chi connectivity index (χ4v) is 3.01. The van der Waals surface area contributed by atoms with E-state index in [4.69, 9.17) is 9.47 Å². The smallest absolute Gasteiger partial charge is 1.00 e. The first-order valence-corrected chi connectivity index (χ1v) is 8.97. The standard InChI is InChI=1S/C17H17N2O5P.Na.H/c1-23-16-9-13-14(7-8-18-15(13)10-17(16)24-2)19-11-3-5-12(6-4-11)25(20,21)22;;/h3-10H,1-2H3,(H,18,19)(H2,20,21,22);;/q;+1;-1. The van der Waals surface area contributed by atoms with Crippen molar-refractivity contribution in [3.8, 4) is 11.5 Å². The van der Waals surface area contributed by atoms with E-state index in [-0.39, 0.29) is 36.3 Å². The van der Waals surface area contributed by atoms with Crippen molar-refractivity contribution in [2.45, 2.75) is 0 Å². The van der Waals surface area contributed by atoms with Crippen molar-refractivity contribution in [3.05, 3.63) is 48.7 Å². The van der Waals surface area contributed by atoms with Crippen LogP contribution in [0.4, 0.5) is 11.4 Å². The number of nitrogens with zero attached hydrogens (tertiary/aromatic N) is 1. The summed E-state index contributed by atoms with van der Waals surface area (Å²) in [7, 11) is -1.12. The van der Waals surface area contributed by atoms with Gasteiger partial charge in [-0.15, -0.1) is 0 Å². The maximum Gasteiger partial charge on any atom is 1.00 e. The monoisotopic (exact) mass is 384 g/mol. The van der Waals surface area contributed by atoms with E-state index < -0.39 is 7.60 Å². The van der Waals surface area contributed by atoms with Crippen LogP contribution in [0.25, 0.3) is 10.9 Å². The molecule has 0 saturated heterocycles. The van der Waals surface area contributed by atoms with E-state index in [0.29, 0.717) is 17.2 Å².